The summed E-state index contributed by atoms with van der Waals surface area (Å²) in [6.45, 7) is 3.65. The van der Waals surface area contributed by atoms with E-state index in [1.165, 1.54) is 16.7 Å². The summed E-state index contributed by atoms with van der Waals surface area (Å²) in [7, 11) is 0. The summed E-state index contributed by atoms with van der Waals surface area (Å²) in [4.78, 5) is 15.1. The molecule has 0 amide bonds. The molecule has 0 spiro atoms. The Balaban J connectivity index is 1.74. The van der Waals surface area contributed by atoms with Crippen LogP contribution in [0.3, 0.4) is 0 Å². The Morgan fingerprint density at radius 2 is 1.96 bits per heavy atom. The van der Waals surface area contributed by atoms with Crippen molar-refractivity contribution in [2.75, 3.05) is 18.0 Å². The zero-order valence-corrected chi connectivity index (χ0v) is 14.7. The van der Waals surface area contributed by atoms with E-state index < -0.39 is 11.7 Å². The Bertz CT molecular complexity index is 957. The predicted molar refractivity (Wildman–Crippen MR) is 95.2 cm³/mol. The van der Waals surface area contributed by atoms with E-state index in [2.05, 4.69) is 26.8 Å². The summed E-state index contributed by atoms with van der Waals surface area (Å²) in [5.74, 6) is 1.48. The van der Waals surface area contributed by atoms with E-state index in [1.54, 1.807) is 12.3 Å². The average Bonchev–Trinajstić information content (AvgIpc) is 3.03. The van der Waals surface area contributed by atoms with Gasteiger partial charge in [0.15, 0.2) is 5.82 Å². The monoisotopic (exact) mass is 376 g/mol. The molecule has 2 N–H and O–H groups in total. The Labute approximate surface area is 153 Å². The molecule has 3 aromatic heterocycles. The summed E-state index contributed by atoms with van der Waals surface area (Å²) in [6, 6.07) is 4.21. The molecule has 0 bridgehead atoms. The minimum atomic E-state index is -4.43. The zero-order valence-electron chi connectivity index (χ0n) is 14.7. The number of nitrogens with two attached hydrogens (primary N) is 1. The van der Waals surface area contributed by atoms with Crippen LogP contribution < -0.4 is 10.6 Å². The van der Waals surface area contributed by atoms with Gasteiger partial charge in [-0.1, -0.05) is 6.92 Å². The normalized spacial score (nSPS) is 21.0. The number of nitrogens with zero attached hydrogens (tertiary/aromatic N) is 5. The highest BCUT2D eigenvalue weighted by atomic mass is 19.4. The molecule has 1 saturated heterocycles. The second-order valence-corrected chi connectivity index (χ2v) is 7.03. The minimum Gasteiger partial charge on any atom is -0.355 e. The molecule has 4 rings (SSSR count). The van der Waals surface area contributed by atoms with E-state index >= 15 is 0 Å². The molecule has 2 atom stereocenters. The van der Waals surface area contributed by atoms with E-state index in [4.69, 9.17) is 5.73 Å². The number of piperidine rings is 1. The van der Waals surface area contributed by atoms with Crippen LogP contribution in [-0.2, 0) is 6.18 Å². The molecule has 9 heteroatoms. The van der Waals surface area contributed by atoms with Crippen molar-refractivity contribution in [3.8, 4) is 11.5 Å². The number of aromatic nitrogens is 4. The molecule has 6 nitrogen and oxygen atoms in total. The molecule has 1 aliphatic heterocycles. The second kappa shape index (κ2) is 6.49. The van der Waals surface area contributed by atoms with Crippen molar-refractivity contribution >= 4 is 11.5 Å². The van der Waals surface area contributed by atoms with Crippen molar-refractivity contribution in [2.24, 2.45) is 11.7 Å². The van der Waals surface area contributed by atoms with Gasteiger partial charge in [0.05, 0.1) is 11.8 Å². The summed E-state index contributed by atoms with van der Waals surface area (Å²) in [5, 5.41) is 0. The first kappa shape index (κ1) is 17.7. The molecule has 0 radical (unpaired) electrons. The van der Waals surface area contributed by atoms with Crippen LogP contribution in [0.5, 0.6) is 0 Å². The van der Waals surface area contributed by atoms with Crippen molar-refractivity contribution in [2.45, 2.75) is 25.6 Å². The van der Waals surface area contributed by atoms with E-state index in [9.17, 15) is 13.2 Å². The Hall–Kier alpha value is -2.68. The fourth-order valence-electron chi connectivity index (χ4n) is 3.55. The third kappa shape index (κ3) is 3.46. The number of anilines is 1. The number of hydrogen-bond acceptors (Lipinski definition) is 5. The van der Waals surface area contributed by atoms with Gasteiger partial charge in [0.1, 0.15) is 17.2 Å². The van der Waals surface area contributed by atoms with Crippen molar-refractivity contribution in [3.05, 3.63) is 42.4 Å². The fourth-order valence-corrected chi connectivity index (χ4v) is 3.55. The van der Waals surface area contributed by atoms with Gasteiger partial charge in [0.2, 0.25) is 0 Å². The minimum absolute atomic E-state index is 0.0670. The molecule has 27 heavy (non-hydrogen) atoms. The maximum Gasteiger partial charge on any atom is 0.417 e. The van der Waals surface area contributed by atoms with Gasteiger partial charge >= 0.3 is 6.18 Å². The van der Waals surface area contributed by atoms with Crippen molar-refractivity contribution < 1.29 is 13.2 Å². The molecule has 0 aliphatic carbocycles. The summed E-state index contributed by atoms with van der Waals surface area (Å²) in [5.41, 5.74) is 6.18. The topological polar surface area (TPSA) is 72.3 Å². The average molecular weight is 376 g/mol. The standard InChI is InChI=1S/C18H19F3N6/c1-11-6-13(22)10-26(8-11)16-4-5-23-17(25-16)14-7-24-15-3-2-12(9-27(14)15)18(19,20)21/h2-5,7,9,11,13H,6,8,10,22H2,1H3. The molecular formula is C18H19F3N6. The van der Waals surface area contributed by atoms with Crippen LogP contribution in [0.25, 0.3) is 17.2 Å². The van der Waals surface area contributed by atoms with Crippen LogP contribution >= 0.6 is 0 Å². The number of alkyl halides is 3. The summed E-state index contributed by atoms with van der Waals surface area (Å²) >= 11 is 0. The largest absolute Gasteiger partial charge is 0.417 e. The Morgan fingerprint density at radius 1 is 1.15 bits per heavy atom. The lowest BCUT2D eigenvalue weighted by atomic mass is 9.97. The van der Waals surface area contributed by atoms with Crippen LogP contribution in [0.4, 0.5) is 19.0 Å². The Morgan fingerprint density at radius 3 is 2.70 bits per heavy atom. The molecule has 0 saturated carbocycles. The number of rotatable bonds is 2. The third-order valence-electron chi connectivity index (χ3n) is 4.72. The second-order valence-electron chi connectivity index (χ2n) is 7.03. The maximum absolute atomic E-state index is 13.1. The predicted octanol–water partition coefficient (Wildman–Crippen LogP) is 2.98. The first-order chi connectivity index (χ1) is 12.8. The molecular weight excluding hydrogens is 357 g/mol. The van der Waals surface area contributed by atoms with E-state index in [0.29, 0.717) is 35.4 Å². The quantitative estimate of drug-likeness (QED) is 0.744. The molecule has 142 valence electrons. The van der Waals surface area contributed by atoms with Crippen LogP contribution in [0.15, 0.2) is 36.8 Å². The maximum atomic E-state index is 13.1. The SMILES string of the molecule is CC1CC(N)CN(c2ccnc(-c3cnc4ccc(C(F)(F)F)cn34)n2)C1. The number of pyridine rings is 1. The lowest BCUT2D eigenvalue weighted by Gasteiger charge is -2.35. The van der Waals surface area contributed by atoms with Gasteiger partial charge in [-0.25, -0.2) is 15.0 Å². The number of imidazole rings is 1. The molecule has 3 aromatic rings. The summed E-state index contributed by atoms with van der Waals surface area (Å²) < 4.78 is 40.5. The first-order valence-corrected chi connectivity index (χ1v) is 8.69. The van der Waals surface area contributed by atoms with Crippen molar-refractivity contribution in [1.82, 2.24) is 19.4 Å². The highest BCUT2D eigenvalue weighted by Crippen LogP contribution is 2.30. The van der Waals surface area contributed by atoms with Gasteiger partial charge < -0.3 is 10.6 Å². The number of fused-ring (bicyclic) bond motifs is 1. The van der Waals surface area contributed by atoms with E-state index in [0.717, 1.165) is 25.2 Å². The molecule has 1 fully saturated rings. The molecule has 2 unspecified atom stereocenters. The van der Waals surface area contributed by atoms with Gasteiger partial charge in [-0.2, -0.15) is 13.2 Å². The first-order valence-electron chi connectivity index (χ1n) is 8.69. The highest BCUT2D eigenvalue weighted by Gasteiger charge is 2.31. The lowest BCUT2D eigenvalue weighted by Crippen LogP contribution is -2.46. The van der Waals surface area contributed by atoms with Gasteiger partial charge in [0, 0.05) is 31.5 Å². The van der Waals surface area contributed by atoms with Crippen LogP contribution in [0.2, 0.25) is 0 Å². The van der Waals surface area contributed by atoms with Gasteiger partial charge in [-0.3, -0.25) is 4.40 Å². The molecule has 4 heterocycles. The van der Waals surface area contributed by atoms with Gasteiger partial charge in [-0.15, -0.1) is 0 Å². The number of hydrogen-bond donors (Lipinski definition) is 1. The van der Waals surface area contributed by atoms with Crippen LogP contribution in [0.1, 0.15) is 18.9 Å². The van der Waals surface area contributed by atoms with Crippen molar-refractivity contribution in [3.63, 3.8) is 0 Å². The van der Waals surface area contributed by atoms with E-state index in [-0.39, 0.29) is 6.04 Å². The van der Waals surface area contributed by atoms with Gasteiger partial charge in [-0.05, 0) is 30.5 Å². The third-order valence-corrected chi connectivity index (χ3v) is 4.72. The number of halogens is 3. The van der Waals surface area contributed by atoms with Crippen LogP contribution in [0, 0.1) is 5.92 Å². The van der Waals surface area contributed by atoms with Crippen LogP contribution in [-0.4, -0.2) is 38.5 Å². The molecule has 1 aliphatic rings. The summed E-state index contributed by atoms with van der Waals surface area (Å²) in [6.07, 6.45) is 0.641. The lowest BCUT2D eigenvalue weighted by molar-refractivity contribution is -0.137. The van der Waals surface area contributed by atoms with Crippen molar-refractivity contribution in [1.29, 1.82) is 0 Å². The van der Waals surface area contributed by atoms with E-state index in [1.807, 2.05) is 0 Å². The molecule has 0 aromatic carbocycles. The van der Waals surface area contributed by atoms with Gasteiger partial charge in [0.25, 0.3) is 0 Å². The zero-order chi connectivity index (χ0) is 19.2. The Kier molecular flexibility index (Phi) is 4.26. The fraction of sp³-hybridized carbons (Fsp3) is 0.389. The highest BCUT2D eigenvalue weighted by molar-refractivity contribution is 5.59. The smallest absolute Gasteiger partial charge is 0.355 e.